The maximum absolute atomic E-state index is 13.5. The Hall–Kier alpha value is -2.58. The summed E-state index contributed by atoms with van der Waals surface area (Å²) >= 11 is 5.02. The van der Waals surface area contributed by atoms with Gasteiger partial charge in [0.2, 0.25) is 11.1 Å². The van der Waals surface area contributed by atoms with Gasteiger partial charge in [-0.05, 0) is 56.4 Å². The number of nitrogens with zero attached hydrogens (tertiary/aromatic N) is 3. The van der Waals surface area contributed by atoms with Crippen molar-refractivity contribution >= 4 is 45.2 Å². The van der Waals surface area contributed by atoms with Crippen molar-refractivity contribution < 1.29 is 4.79 Å². The van der Waals surface area contributed by atoms with Gasteiger partial charge in [0.15, 0.2) is 0 Å². The highest BCUT2D eigenvalue weighted by Crippen LogP contribution is 2.37. The van der Waals surface area contributed by atoms with Crippen LogP contribution in [0.4, 0.5) is 11.6 Å². The van der Waals surface area contributed by atoms with Crippen molar-refractivity contribution in [3.05, 3.63) is 74.9 Å². The number of hydrogen-bond acceptors (Lipinski definition) is 5. The third kappa shape index (κ3) is 3.89. The molecule has 3 aromatic rings. The summed E-state index contributed by atoms with van der Waals surface area (Å²) in [6.07, 6.45) is 1.93. The molecule has 0 bridgehead atoms. The molecule has 0 saturated carbocycles. The molecule has 1 aliphatic heterocycles. The molecule has 2 aromatic carbocycles. The van der Waals surface area contributed by atoms with Gasteiger partial charge in [0.25, 0.3) is 5.91 Å². The smallest absolute Gasteiger partial charge is 0.255 e. The van der Waals surface area contributed by atoms with Crippen LogP contribution in [0.5, 0.6) is 0 Å². The summed E-state index contributed by atoms with van der Waals surface area (Å²) in [5, 5.41) is 11.6. The number of hydrogen-bond donors (Lipinski definition) is 2. The molecule has 1 aliphatic rings. The zero-order valence-corrected chi connectivity index (χ0v) is 19.6. The SMILES string of the molecule is CSc1nc2n(n1)C(c1cccc(Br)c1)C(C(=O)Nc1ccc(C)cc1C)=C(C)N2. The van der Waals surface area contributed by atoms with Crippen LogP contribution in [0.1, 0.15) is 29.7 Å². The molecule has 154 valence electrons. The van der Waals surface area contributed by atoms with E-state index >= 15 is 0 Å². The molecule has 6 nitrogen and oxygen atoms in total. The number of rotatable bonds is 4. The first-order chi connectivity index (χ1) is 14.4. The molecule has 4 rings (SSSR count). The lowest BCUT2D eigenvalue weighted by molar-refractivity contribution is -0.113. The zero-order valence-electron chi connectivity index (χ0n) is 17.2. The van der Waals surface area contributed by atoms with Crippen molar-refractivity contribution in [2.24, 2.45) is 0 Å². The second-order valence-corrected chi connectivity index (χ2v) is 8.95. The lowest BCUT2D eigenvalue weighted by Gasteiger charge is -2.29. The first-order valence-electron chi connectivity index (χ1n) is 9.49. The number of benzene rings is 2. The van der Waals surface area contributed by atoms with E-state index in [2.05, 4.69) is 42.7 Å². The van der Waals surface area contributed by atoms with Crippen LogP contribution < -0.4 is 10.6 Å². The number of amides is 1. The van der Waals surface area contributed by atoms with E-state index in [-0.39, 0.29) is 5.91 Å². The minimum Gasteiger partial charge on any atom is -0.328 e. The van der Waals surface area contributed by atoms with Crippen LogP contribution in [0.2, 0.25) is 0 Å². The number of halogens is 1. The predicted molar refractivity (Wildman–Crippen MR) is 125 cm³/mol. The van der Waals surface area contributed by atoms with E-state index in [0.717, 1.165) is 32.5 Å². The minimum atomic E-state index is -0.391. The van der Waals surface area contributed by atoms with Crippen LogP contribution in [0.25, 0.3) is 0 Å². The molecule has 2 heterocycles. The maximum atomic E-state index is 13.5. The molecule has 2 N–H and O–H groups in total. The molecule has 30 heavy (non-hydrogen) atoms. The number of aryl methyl sites for hydroxylation is 2. The van der Waals surface area contributed by atoms with Crippen molar-refractivity contribution in [2.45, 2.75) is 32.0 Å². The Labute approximate surface area is 188 Å². The molecule has 0 saturated heterocycles. The Morgan fingerprint density at radius 2 is 2.00 bits per heavy atom. The van der Waals surface area contributed by atoms with Crippen LogP contribution in [-0.4, -0.2) is 26.9 Å². The number of thioether (sulfide) groups is 1. The number of carbonyl (C=O) groups is 1. The monoisotopic (exact) mass is 483 g/mol. The molecule has 1 aromatic heterocycles. The van der Waals surface area contributed by atoms with E-state index in [1.165, 1.54) is 11.8 Å². The van der Waals surface area contributed by atoms with E-state index < -0.39 is 6.04 Å². The van der Waals surface area contributed by atoms with Crippen molar-refractivity contribution in [1.29, 1.82) is 0 Å². The van der Waals surface area contributed by atoms with E-state index in [4.69, 9.17) is 0 Å². The second kappa shape index (κ2) is 8.28. The van der Waals surface area contributed by atoms with Gasteiger partial charge in [0.05, 0.1) is 5.57 Å². The Balaban J connectivity index is 1.79. The van der Waals surface area contributed by atoms with Crippen molar-refractivity contribution in [3.63, 3.8) is 0 Å². The van der Waals surface area contributed by atoms with Gasteiger partial charge in [-0.3, -0.25) is 4.79 Å². The molecule has 0 radical (unpaired) electrons. The first-order valence-corrected chi connectivity index (χ1v) is 11.5. The Morgan fingerprint density at radius 3 is 2.70 bits per heavy atom. The highest BCUT2D eigenvalue weighted by atomic mass is 79.9. The standard InChI is InChI=1S/C22H22BrN5OS/c1-12-8-9-17(13(2)10-12)25-20(29)18-14(3)24-21-26-22(30-4)27-28(21)19(18)15-6-5-7-16(23)11-15/h5-11,19H,1-4H3,(H,25,29)(H,24,26,27). The fourth-order valence-electron chi connectivity index (χ4n) is 3.64. The third-order valence-corrected chi connectivity index (χ3v) is 6.09. The fourth-order valence-corrected chi connectivity index (χ4v) is 4.40. The number of aromatic nitrogens is 3. The highest BCUT2D eigenvalue weighted by molar-refractivity contribution is 9.10. The van der Waals surface area contributed by atoms with Crippen molar-refractivity contribution in [2.75, 3.05) is 16.9 Å². The average molecular weight is 484 g/mol. The van der Waals surface area contributed by atoms with Gasteiger partial charge in [0, 0.05) is 15.9 Å². The highest BCUT2D eigenvalue weighted by Gasteiger charge is 2.34. The summed E-state index contributed by atoms with van der Waals surface area (Å²) in [4.78, 5) is 18.0. The molecular weight excluding hydrogens is 462 g/mol. The summed E-state index contributed by atoms with van der Waals surface area (Å²) < 4.78 is 2.73. The van der Waals surface area contributed by atoms with Crippen LogP contribution in [0.3, 0.4) is 0 Å². The summed E-state index contributed by atoms with van der Waals surface area (Å²) in [5.74, 6) is 0.466. The van der Waals surface area contributed by atoms with Gasteiger partial charge < -0.3 is 10.6 Å². The van der Waals surface area contributed by atoms with Crippen LogP contribution in [0.15, 0.2) is 63.4 Å². The molecule has 8 heteroatoms. The Kier molecular flexibility index (Phi) is 5.71. The molecule has 1 amide bonds. The quantitative estimate of drug-likeness (QED) is 0.492. The van der Waals surface area contributed by atoms with Gasteiger partial charge in [-0.25, -0.2) is 4.68 Å². The number of nitrogens with one attached hydrogen (secondary N) is 2. The second-order valence-electron chi connectivity index (χ2n) is 7.26. The number of allylic oxidation sites excluding steroid dienone is 1. The van der Waals surface area contributed by atoms with E-state index in [0.29, 0.717) is 16.7 Å². The molecule has 0 spiro atoms. The summed E-state index contributed by atoms with van der Waals surface area (Å²) in [7, 11) is 0. The van der Waals surface area contributed by atoms with Crippen LogP contribution >= 0.6 is 27.7 Å². The summed E-state index contributed by atoms with van der Waals surface area (Å²) in [5.41, 5.74) is 5.30. The van der Waals surface area contributed by atoms with Gasteiger partial charge in [0.1, 0.15) is 6.04 Å². The molecular formula is C22H22BrN5OS. The van der Waals surface area contributed by atoms with Crippen molar-refractivity contribution in [1.82, 2.24) is 14.8 Å². The summed E-state index contributed by atoms with van der Waals surface area (Å²) in [6.45, 7) is 5.93. The number of fused-ring (bicyclic) bond motifs is 1. The minimum absolute atomic E-state index is 0.163. The first kappa shape index (κ1) is 20.7. The predicted octanol–water partition coefficient (Wildman–Crippen LogP) is 5.31. The lowest BCUT2D eigenvalue weighted by atomic mass is 9.95. The van der Waals surface area contributed by atoms with E-state index in [9.17, 15) is 4.79 Å². The fraction of sp³-hybridized carbons (Fsp3) is 0.227. The van der Waals surface area contributed by atoms with Gasteiger partial charge >= 0.3 is 0 Å². The van der Waals surface area contributed by atoms with E-state index in [1.54, 1.807) is 4.68 Å². The topological polar surface area (TPSA) is 71.8 Å². The van der Waals surface area contributed by atoms with Crippen LogP contribution in [-0.2, 0) is 4.79 Å². The van der Waals surface area contributed by atoms with Gasteiger partial charge in [-0.1, -0.05) is 57.5 Å². The lowest BCUT2D eigenvalue weighted by Crippen LogP contribution is -2.31. The normalized spacial score (nSPS) is 15.6. The van der Waals surface area contributed by atoms with E-state index in [1.807, 2.05) is 63.4 Å². The Morgan fingerprint density at radius 1 is 1.20 bits per heavy atom. The number of anilines is 2. The number of carbonyl (C=O) groups excluding carboxylic acids is 1. The molecule has 1 atom stereocenters. The Bertz CT molecular complexity index is 1170. The van der Waals surface area contributed by atoms with Gasteiger partial charge in [-0.2, -0.15) is 4.98 Å². The maximum Gasteiger partial charge on any atom is 0.255 e. The largest absolute Gasteiger partial charge is 0.328 e. The zero-order chi connectivity index (χ0) is 21.4. The molecule has 0 fully saturated rings. The summed E-state index contributed by atoms with van der Waals surface area (Å²) in [6, 6.07) is 13.5. The molecule has 0 aliphatic carbocycles. The third-order valence-electron chi connectivity index (χ3n) is 5.05. The van der Waals surface area contributed by atoms with Crippen LogP contribution in [0, 0.1) is 13.8 Å². The van der Waals surface area contributed by atoms with Crippen molar-refractivity contribution in [3.8, 4) is 0 Å². The van der Waals surface area contributed by atoms with Gasteiger partial charge in [-0.15, -0.1) is 5.10 Å². The average Bonchev–Trinajstić information content (AvgIpc) is 3.11. The molecule has 1 unspecified atom stereocenters.